The van der Waals surface area contributed by atoms with Crippen LogP contribution < -0.4 is 10.6 Å². The summed E-state index contributed by atoms with van der Waals surface area (Å²) >= 11 is 23.9. The number of likely N-dealkylation sites (tertiary alicyclic amines) is 2. The van der Waals surface area contributed by atoms with E-state index in [1.165, 1.54) is 0 Å². The number of piperidine rings is 2. The zero-order chi connectivity index (χ0) is 44.2. The standard InChI is InChI=1S/2C22H28Cl2N4O2/c1-14(2)18(26-17-9-11-25-20(24)27-17)19(29)28-12-10-22(30,21(3,4)13-28)15-5-7-16(23)8-6-15;1-14(2)18(27-20-25-11-9-17(24)26-20)19(29)28-12-10-22(30,21(3,4)13-28)15-5-7-16(23)8-6-15/h2*5-9,11,14,18,30H,10,12-13H2,1-4H3,(H,25,26,27)/t2*18-,22+/m11/s1. The molecule has 0 unspecified atom stereocenters. The topological polar surface area (TPSA) is 157 Å². The highest BCUT2D eigenvalue weighted by molar-refractivity contribution is 6.31. The lowest BCUT2D eigenvalue weighted by molar-refractivity contribution is -0.155. The minimum Gasteiger partial charge on any atom is -0.384 e. The van der Waals surface area contributed by atoms with Crippen molar-refractivity contribution in [2.75, 3.05) is 36.8 Å². The van der Waals surface area contributed by atoms with E-state index >= 15 is 0 Å². The van der Waals surface area contributed by atoms with E-state index in [1.807, 2.05) is 89.5 Å². The first kappa shape index (κ1) is 47.3. The van der Waals surface area contributed by atoms with Crippen LogP contribution in [-0.4, -0.2) is 90.0 Å². The molecule has 0 aliphatic carbocycles. The van der Waals surface area contributed by atoms with Gasteiger partial charge in [-0.2, -0.15) is 0 Å². The van der Waals surface area contributed by atoms with E-state index in [0.717, 1.165) is 11.1 Å². The minimum atomic E-state index is -1.05. The third kappa shape index (κ3) is 10.6. The van der Waals surface area contributed by atoms with Gasteiger partial charge in [-0.15, -0.1) is 0 Å². The summed E-state index contributed by atoms with van der Waals surface area (Å²) in [7, 11) is 0. The maximum atomic E-state index is 13.4. The van der Waals surface area contributed by atoms with Crippen molar-refractivity contribution in [3.8, 4) is 0 Å². The molecule has 0 saturated carbocycles. The molecular formula is C44H56Cl4N8O4. The highest BCUT2D eigenvalue weighted by Crippen LogP contribution is 2.47. The number of halogens is 4. The molecule has 60 heavy (non-hydrogen) atoms. The Hall–Kier alpha value is -3.78. The molecule has 2 aromatic carbocycles. The van der Waals surface area contributed by atoms with Gasteiger partial charge in [-0.3, -0.25) is 9.59 Å². The smallest absolute Gasteiger partial charge is 0.245 e. The lowest BCUT2D eigenvalue weighted by Crippen LogP contribution is -2.59. The maximum absolute atomic E-state index is 13.4. The van der Waals surface area contributed by atoms with Crippen LogP contribution in [0.1, 0.15) is 79.4 Å². The third-order valence-electron chi connectivity index (χ3n) is 11.9. The quantitative estimate of drug-likeness (QED) is 0.0897. The number of carbonyl (C=O) groups excluding carboxylic acids is 2. The lowest BCUT2D eigenvalue weighted by atomic mass is 9.66. The van der Waals surface area contributed by atoms with Gasteiger partial charge in [0.2, 0.25) is 23.0 Å². The molecule has 324 valence electrons. The summed E-state index contributed by atoms with van der Waals surface area (Å²) in [6.07, 6.45) is 3.98. The van der Waals surface area contributed by atoms with E-state index in [2.05, 4.69) is 30.6 Å². The monoisotopic (exact) mass is 900 g/mol. The fraction of sp³-hybridized carbons (Fsp3) is 0.500. The number of hydrogen-bond donors (Lipinski definition) is 4. The van der Waals surface area contributed by atoms with Crippen LogP contribution in [0.2, 0.25) is 20.5 Å². The molecule has 12 nitrogen and oxygen atoms in total. The second-order valence-corrected chi connectivity index (χ2v) is 19.3. The molecule has 4 aromatic rings. The molecule has 4 atom stereocenters. The van der Waals surface area contributed by atoms with E-state index in [-0.39, 0.29) is 28.9 Å². The SMILES string of the molecule is CC(C)[C@@H](Nc1ccnc(Cl)n1)C(=O)N1CC[C@](O)(c2ccc(Cl)cc2)C(C)(C)C1.CC(C)[C@@H](Nc1nccc(Cl)n1)C(=O)N1CC[C@](O)(c2ccc(Cl)cc2)C(C)(C)C1. The Labute approximate surface area is 373 Å². The summed E-state index contributed by atoms with van der Waals surface area (Å²) in [5.41, 5.74) is -1.56. The molecule has 2 fully saturated rings. The average Bonchev–Trinajstić information content (AvgIpc) is 3.18. The van der Waals surface area contributed by atoms with Crippen LogP contribution in [0, 0.1) is 22.7 Å². The predicted molar refractivity (Wildman–Crippen MR) is 239 cm³/mol. The van der Waals surface area contributed by atoms with Crippen molar-refractivity contribution in [2.24, 2.45) is 22.7 Å². The van der Waals surface area contributed by atoms with Crippen LogP contribution in [0.5, 0.6) is 0 Å². The Bertz CT molecular complexity index is 1960. The van der Waals surface area contributed by atoms with Gasteiger partial charge in [0, 0.05) is 59.4 Å². The van der Waals surface area contributed by atoms with Crippen LogP contribution in [0.25, 0.3) is 0 Å². The van der Waals surface area contributed by atoms with E-state index in [1.54, 1.807) is 48.8 Å². The number of amides is 2. The Morgan fingerprint density at radius 3 is 1.47 bits per heavy atom. The molecule has 4 N–H and O–H groups in total. The minimum absolute atomic E-state index is 0.0141. The maximum Gasteiger partial charge on any atom is 0.245 e. The van der Waals surface area contributed by atoms with Crippen molar-refractivity contribution in [1.29, 1.82) is 0 Å². The fourth-order valence-electron chi connectivity index (χ4n) is 8.08. The van der Waals surface area contributed by atoms with E-state index in [9.17, 15) is 19.8 Å². The number of hydrogen-bond acceptors (Lipinski definition) is 10. The van der Waals surface area contributed by atoms with E-state index in [4.69, 9.17) is 46.4 Å². The van der Waals surface area contributed by atoms with Crippen molar-refractivity contribution in [3.63, 3.8) is 0 Å². The first-order valence-electron chi connectivity index (χ1n) is 20.1. The van der Waals surface area contributed by atoms with Gasteiger partial charge in [0.05, 0.1) is 11.2 Å². The van der Waals surface area contributed by atoms with Crippen LogP contribution in [0.15, 0.2) is 73.1 Å². The summed E-state index contributed by atoms with van der Waals surface area (Å²) in [6, 6.07) is 16.9. The van der Waals surface area contributed by atoms with Gasteiger partial charge in [0.15, 0.2) is 0 Å². The number of carbonyl (C=O) groups is 2. The number of nitrogens with zero attached hydrogens (tertiary/aromatic N) is 6. The number of benzene rings is 2. The number of rotatable bonds is 10. The van der Waals surface area contributed by atoms with Crippen molar-refractivity contribution in [1.82, 2.24) is 29.7 Å². The molecule has 0 spiro atoms. The molecule has 2 aromatic heterocycles. The molecule has 16 heteroatoms. The molecule has 2 amide bonds. The normalized spacial score (nSPS) is 22.1. The first-order valence-corrected chi connectivity index (χ1v) is 21.6. The number of aromatic nitrogens is 4. The van der Waals surface area contributed by atoms with Crippen molar-refractivity contribution < 1.29 is 19.8 Å². The Morgan fingerprint density at radius 2 is 1.07 bits per heavy atom. The highest BCUT2D eigenvalue weighted by atomic mass is 35.5. The second-order valence-electron chi connectivity index (χ2n) is 17.7. The second kappa shape index (κ2) is 19.1. The van der Waals surface area contributed by atoms with E-state index in [0.29, 0.717) is 66.0 Å². The average molecular weight is 903 g/mol. The molecule has 2 saturated heterocycles. The van der Waals surface area contributed by atoms with Crippen LogP contribution in [0.3, 0.4) is 0 Å². The van der Waals surface area contributed by atoms with Crippen LogP contribution >= 0.6 is 46.4 Å². The van der Waals surface area contributed by atoms with Gasteiger partial charge in [-0.05, 0) is 83.8 Å². The molecular weight excluding hydrogens is 846 g/mol. The lowest BCUT2D eigenvalue weighted by Gasteiger charge is -2.51. The summed E-state index contributed by atoms with van der Waals surface area (Å²) < 4.78 is 0. The van der Waals surface area contributed by atoms with Crippen LogP contribution in [-0.2, 0) is 20.8 Å². The summed E-state index contributed by atoms with van der Waals surface area (Å²) in [6.45, 7) is 17.6. The zero-order valence-electron chi connectivity index (χ0n) is 35.4. The molecule has 6 rings (SSSR count). The number of aliphatic hydroxyl groups is 2. The Balaban J connectivity index is 0.000000228. The zero-order valence-corrected chi connectivity index (χ0v) is 38.4. The summed E-state index contributed by atoms with van der Waals surface area (Å²) in [4.78, 5) is 46.7. The summed E-state index contributed by atoms with van der Waals surface area (Å²) in [5, 5.41) is 31.1. The van der Waals surface area contributed by atoms with Crippen LogP contribution in [0.4, 0.5) is 11.8 Å². The van der Waals surface area contributed by atoms with Crippen molar-refractivity contribution in [2.45, 2.75) is 91.5 Å². The van der Waals surface area contributed by atoms with Gasteiger partial charge >= 0.3 is 0 Å². The molecule has 0 bridgehead atoms. The summed E-state index contributed by atoms with van der Waals surface area (Å²) in [5.74, 6) is 0.817. The number of nitrogens with one attached hydrogen (secondary N) is 2. The van der Waals surface area contributed by atoms with Crippen molar-refractivity contribution in [3.05, 3.63) is 105 Å². The Morgan fingerprint density at radius 1 is 0.633 bits per heavy atom. The third-order valence-corrected chi connectivity index (χ3v) is 12.8. The first-order chi connectivity index (χ1) is 28.1. The van der Waals surface area contributed by atoms with Gasteiger partial charge in [-0.25, -0.2) is 19.9 Å². The van der Waals surface area contributed by atoms with Gasteiger partial charge in [0.1, 0.15) is 23.1 Å². The van der Waals surface area contributed by atoms with Gasteiger partial charge < -0.3 is 30.6 Å². The van der Waals surface area contributed by atoms with Crippen molar-refractivity contribution >= 4 is 70.0 Å². The highest BCUT2D eigenvalue weighted by Gasteiger charge is 2.51. The molecule has 4 heterocycles. The largest absolute Gasteiger partial charge is 0.384 e. The van der Waals surface area contributed by atoms with Gasteiger partial charge in [-0.1, -0.05) is 114 Å². The van der Waals surface area contributed by atoms with Gasteiger partial charge in [0.25, 0.3) is 0 Å². The predicted octanol–water partition coefficient (Wildman–Crippen LogP) is 8.73. The molecule has 0 radical (unpaired) electrons. The Kier molecular flexibility index (Phi) is 15.0. The van der Waals surface area contributed by atoms with E-state index < -0.39 is 34.1 Å². The number of anilines is 2. The molecule has 2 aliphatic heterocycles. The molecule has 2 aliphatic rings. The fourth-order valence-corrected chi connectivity index (χ4v) is 8.62.